The van der Waals surface area contributed by atoms with Crippen molar-refractivity contribution in [2.75, 3.05) is 0 Å². The highest BCUT2D eigenvalue weighted by Gasteiger charge is 2.24. The minimum atomic E-state index is -0.586. The van der Waals surface area contributed by atoms with Crippen LogP contribution in [0.2, 0.25) is 0 Å². The molecular weight excluding hydrogens is 248 g/mol. The van der Waals surface area contributed by atoms with E-state index in [1.165, 1.54) is 12.8 Å². The van der Waals surface area contributed by atoms with Gasteiger partial charge in [0.2, 0.25) is 5.91 Å². The molecule has 1 atom stereocenters. The standard InChI is InChI=1S/C17H22N2O/c1-13-7-9-16(10-8-13)19-17(20)15(12-18)11-14-5-3-2-4-6-14/h2-6,13,15-16H,7-11H2,1H3,(H,19,20). The van der Waals surface area contributed by atoms with Crippen molar-refractivity contribution < 1.29 is 4.79 Å². The van der Waals surface area contributed by atoms with Crippen LogP contribution in [0, 0.1) is 23.2 Å². The quantitative estimate of drug-likeness (QED) is 0.914. The second kappa shape index (κ2) is 7.09. The molecule has 3 heteroatoms. The van der Waals surface area contributed by atoms with Crippen LogP contribution in [-0.2, 0) is 11.2 Å². The summed E-state index contributed by atoms with van der Waals surface area (Å²) in [6.07, 6.45) is 4.90. The molecule has 1 amide bonds. The van der Waals surface area contributed by atoms with Crippen molar-refractivity contribution in [2.45, 2.75) is 45.1 Å². The van der Waals surface area contributed by atoms with E-state index in [-0.39, 0.29) is 11.9 Å². The first-order chi connectivity index (χ1) is 9.69. The highest BCUT2D eigenvalue weighted by Crippen LogP contribution is 2.23. The Morgan fingerprint density at radius 1 is 1.30 bits per heavy atom. The van der Waals surface area contributed by atoms with Crippen LogP contribution in [0.3, 0.4) is 0 Å². The summed E-state index contributed by atoms with van der Waals surface area (Å²) in [6, 6.07) is 12.1. The summed E-state index contributed by atoms with van der Waals surface area (Å²) >= 11 is 0. The number of nitrogens with one attached hydrogen (secondary N) is 1. The third-order valence-electron chi connectivity index (χ3n) is 4.12. The van der Waals surface area contributed by atoms with Crippen LogP contribution < -0.4 is 5.32 Å². The second-order valence-electron chi connectivity index (χ2n) is 5.84. The second-order valence-corrected chi connectivity index (χ2v) is 5.84. The molecule has 0 heterocycles. The molecule has 0 spiro atoms. The number of amides is 1. The van der Waals surface area contributed by atoms with Crippen LogP contribution in [0.5, 0.6) is 0 Å². The summed E-state index contributed by atoms with van der Waals surface area (Å²) in [7, 11) is 0. The lowest BCUT2D eigenvalue weighted by molar-refractivity contribution is -0.124. The topological polar surface area (TPSA) is 52.9 Å². The van der Waals surface area contributed by atoms with Crippen LogP contribution in [-0.4, -0.2) is 11.9 Å². The molecule has 0 radical (unpaired) electrons. The third-order valence-corrected chi connectivity index (χ3v) is 4.12. The molecule has 0 bridgehead atoms. The fourth-order valence-corrected chi connectivity index (χ4v) is 2.75. The zero-order chi connectivity index (χ0) is 14.4. The number of nitrogens with zero attached hydrogens (tertiary/aromatic N) is 1. The first kappa shape index (κ1) is 14.6. The van der Waals surface area contributed by atoms with Crippen molar-refractivity contribution in [3.8, 4) is 6.07 Å². The van der Waals surface area contributed by atoms with Crippen molar-refractivity contribution in [2.24, 2.45) is 11.8 Å². The molecule has 1 aliphatic carbocycles. The number of nitriles is 1. The van der Waals surface area contributed by atoms with Crippen LogP contribution >= 0.6 is 0 Å². The minimum absolute atomic E-state index is 0.115. The molecule has 1 saturated carbocycles. The molecule has 1 aliphatic rings. The number of hydrogen-bond acceptors (Lipinski definition) is 2. The number of hydrogen-bond donors (Lipinski definition) is 1. The first-order valence-corrected chi connectivity index (χ1v) is 7.43. The lowest BCUT2D eigenvalue weighted by atomic mass is 9.87. The van der Waals surface area contributed by atoms with Gasteiger partial charge in [-0.05, 0) is 43.6 Å². The van der Waals surface area contributed by atoms with Gasteiger partial charge < -0.3 is 5.32 Å². The van der Waals surface area contributed by atoms with Crippen molar-refractivity contribution in [1.29, 1.82) is 5.26 Å². The molecule has 0 aromatic heterocycles. The molecule has 1 unspecified atom stereocenters. The van der Waals surface area contributed by atoms with Gasteiger partial charge in [0.05, 0.1) is 6.07 Å². The number of rotatable bonds is 4. The van der Waals surface area contributed by atoms with E-state index in [4.69, 9.17) is 0 Å². The molecule has 0 aliphatic heterocycles. The maximum Gasteiger partial charge on any atom is 0.237 e. The number of carbonyl (C=O) groups is 1. The minimum Gasteiger partial charge on any atom is -0.352 e. The molecule has 2 rings (SSSR count). The lowest BCUT2D eigenvalue weighted by Crippen LogP contribution is -2.41. The van der Waals surface area contributed by atoms with Crippen molar-refractivity contribution in [1.82, 2.24) is 5.32 Å². The van der Waals surface area contributed by atoms with Gasteiger partial charge in [-0.25, -0.2) is 0 Å². The van der Waals surface area contributed by atoms with Crippen molar-refractivity contribution >= 4 is 5.91 Å². The molecule has 3 nitrogen and oxygen atoms in total. The van der Waals surface area contributed by atoms with E-state index in [1.807, 2.05) is 30.3 Å². The Morgan fingerprint density at radius 2 is 1.95 bits per heavy atom. The lowest BCUT2D eigenvalue weighted by Gasteiger charge is -2.27. The van der Waals surface area contributed by atoms with E-state index in [2.05, 4.69) is 18.3 Å². The zero-order valence-corrected chi connectivity index (χ0v) is 12.0. The van der Waals surface area contributed by atoms with Crippen LogP contribution in [0.15, 0.2) is 30.3 Å². The summed E-state index contributed by atoms with van der Waals surface area (Å²) in [5, 5.41) is 12.3. The van der Waals surface area contributed by atoms with Crippen molar-refractivity contribution in [3.63, 3.8) is 0 Å². The van der Waals surface area contributed by atoms with E-state index in [0.717, 1.165) is 24.3 Å². The van der Waals surface area contributed by atoms with Gasteiger partial charge in [0.25, 0.3) is 0 Å². The molecule has 0 saturated heterocycles. The molecule has 106 valence electrons. The predicted molar refractivity (Wildman–Crippen MR) is 78.8 cm³/mol. The van der Waals surface area contributed by atoms with Gasteiger partial charge in [0.1, 0.15) is 5.92 Å². The molecular formula is C17H22N2O. The van der Waals surface area contributed by atoms with Crippen LogP contribution in [0.1, 0.15) is 38.2 Å². The molecule has 1 aromatic carbocycles. The van der Waals surface area contributed by atoms with Gasteiger partial charge in [-0.1, -0.05) is 37.3 Å². The van der Waals surface area contributed by atoms with Gasteiger partial charge in [-0.2, -0.15) is 5.26 Å². The van der Waals surface area contributed by atoms with Crippen LogP contribution in [0.25, 0.3) is 0 Å². The van der Waals surface area contributed by atoms with E-state index in [1.54, 1.807) is 0 Å². The van der Waals surface area contributed by atoms with E-state index < -0.39 is 5.92 Å². The summed E-state index contributed by atoms with van der Waals surface area (Å²) in [5.41, 5.74) is 1.03. The van der Waals surface area contributed by atoms with E-state index in [9.17, 15) is 10.1 Å². The average molecular weight is 270 g/mol. The Balaban J connectivity index is 1.88. The highest BCUT2D eigenvalue weighted by molar-refractivity contribution is 5.81. The van der Waals surface area contributed by atoms with Gasteiger partial charge >= 0.3 is 0 Å². The summed E-state index contributed by atoms with van der Waals surface area (Å²) < 4.78 is 0. The maximum atomic E-state index is 12.2. The normalized spacial score (nSPS) is 23.6. The Morgan fingerprint density at radius 3 is 2.55 bits per heavy atom. The first-order valence-electron chi connectivity index (χ1n) is 7.43. The smallest absolute Gasteiger partial charge is 0.237 e. The van der Waals surface area contributed by atoms with Crippen LogP contribution in [0.4, 0.5) is 0 Å². The number of benzene rings is 1. The maximum absolute atomic E-state index is 12.2. The molecule has 1 N–H and O–H groups in total. The third kappa shape index (κ3) is 4.09. The zero-order valence-electron chi connectivity index (χ0n) is 12.0. The Bertz CT molecular complexity index is 470. The summed E-state index contributed by atoms with van der Waals surface area (Å²) in [5.74, 6) is 0.0619. The summed E-state index contributed by atoms with van der Waals surface area (Å²) in [6.45, 7) is 2.26. The molecule has 1 fully saturated rings. The van der Waals surface area contributed by atoms with Gasteiger partial charge in [0, 0.05) is 6.04 Å². The van der Waals surface area contributed by atoms with E-state index >= 15 is 0 Å². The Hall–Kier alpha value is -1.82. The summed E-state index contributed by atoms with van der Waals surface area (Å²) in [4.78, 5) is 12.2. The van der Waals surface area contributed by atoms with Gasteiger partial charge in [-0.15, -0.1) is 0 Å². The molecule has 20 heavy (non-hydrogen) atoms. The predicted octanol–water partition coefficient (Wildman–Crippen LogP) is 3.06. The highest BCUT2D eigenvalue weighted by atomic mass is 16.1. The fourth-order valence-electron chi connectivity index (χ4n) is 2.75. The van der Waals surface area contributed by atoms with E-state index in [0.29, 0.717) is 6.42 Å². The number of carbonyl (C=O) groups excluding carboxylic acids is 1. The van der Waals surface area contributed by atoms with Gasteiger partial charge in [-0.3, -0.25) is 4.79 Å². The SMILES string of the molecule is CC1CCC(NC(=O)C(C#N)Cc2ccccc2)CC1. The van der Waals surface area contributed by atoms with Crippen molar-refractivity contribution in [3.05, 3.63) is 35.9 Å². The monoisotopic (exact) mass is 270 g/mol. The average Bonchev–Trinajstić information content (AvgIpc) is 2.48. The molecule has 1 aromatic rings. The Kier molecular flexibility index (Phi) is 5.17. The fraction of sp³-hybridized carbons (Fsp3) is 0.529. The Labute approximate surface area is 121 Å². The largest absolute Gasteiger partial charge is 0.352 e. The van der Waals surface area contributed by atoms with Gasteiger partial charge in [0.15, 0.2) is 0 Å².